The molecule has 110 valence electrons. The lowest BCUT2D eigenvalue weighted by atomic mass is 10.1. The lowest BCUT2D eigenvalue weighted by molar-refractivity contribution is 0.104. The van der Waals surface area contributed by atoms with Crippen molar-refractivity contribution >= 4 is 11.9 Å². The number of hydrogen-bond acceptors (Lipinski definition) is 2. The Morgan fingerprint density at radius 3 is 2.55 bits per heavy atom. The van der Waals surface area contributed by atoms with Crippen LogP contribution in [0.15, 0.2) is 67.1 Å². The second kappa shape index (κ2) is 6.26. The van der Waals surface area contributed by atoms with Crippen molar-refractivity contribution in [1.82, 2.24) is 14.3 Å². The van der Waals surface area contributed by atoms with Crippen molar-refractivity contribution < 1.29 is 4.79 Å². The molecule has 0 unspecified atom stereocenters. The first-order chi connectivity index (χ1) is 10.8. The largest absolute Gasteiger partial charge is 0.324 e. The fourth-order valence-electron chi connectivity index (χ4n) is 2.31. The van der Waals surface area contributed by atoms with E-state index >= 15 is 0 Å². The van der Waals surface area contributed by atoms with Gasteiger partial charge in [0.05, 0.1) is 5.69 Å². The Kier molecular flexibility index (Phi) is 4.01. The number of hydrogen-bond donors (Lipinski definition) is 0. The van der Waals surface area contributed by atoms with E-state index in [0.29, 0.717) is 5.56 Å². The molecule has 0 aliphatic heterocycles. The van der Waals surface area contributed by atoms with Crippen molar-refractivity contribution in [3.05, 3.63) is 78.4 Å². The molecule has 4 heteroatoms. The molecule has 0 aliphatic rings. The van der Waals surface area contributed by atoms with Gasteiger partial charge in [0.25, 0.3) is 0 Å². The van der Waals surface area contributed by atoms with Crippen molar-refractivity contribution in [2.24, 2.45) is 0 Å². The SMILES string of the molecule is CCn1nccc1/C=C/C(=O)c1ccc(-n2cccc2)cc1. The highest BCUT2D eigenvalue weighted by Gasteiger charge is 2.03. The number of ketones is 1. The summed E-state index contributed by atoms with van der Waals surface area (Å²) in [5.74, 6) is -0.0112. The van der Waals surface area contributed by atoms with Crippen LogP contribution in [0.4, 0.5) is 0 Å². The van der Waals surface area contributed by atoms with Crippen LogP contribution in [0.1, 0.15) is 23.0 Å². The van der Waals surface area contributed by atoms with Crippen LogP contribution < -0.4 is 0 Å². The quantitative estimate of drug-likeness (QED) is 0.532. The summed E-state index contributed by atoms with van der Waals surface area (Å²) in [5, 5.41) is 4.18. The van der Waals surface area contributed by atoms with Crippen molar-refractivity contribution in [3.8, 4) is 5.69 Å². The molecule has 0 N–H and O–H groups in total. The average molecular weight is 291 g/mol. The first-order valence-electron chi connectivity index (χ1n) is 7.25. The van der Waals surface area contributed by atoms with Crippen molar-refractivity contribution in [3.63, 3.8) is 0 Å². The molecule has 3 rings (SSSR count). The standard InChI is InChI=1S/C18H17N3O/c1-2-21-17(11-12-19-21)9-10-18(22)15-5-7-16(8-6-15)20-13-3-4-14-20/h3-14H,2H2,1H3/b10-9+. The lowest BCUT2D eigenvalue weighted by Crippen LogP contribution is -1.99. The van der Waals surface area contributed by atoms with E-state index in [1.807, 2.05) is 71.0 Å². The lowest BCUT2D eigenvalue weighted by Gasteiger charge is -2.03. The summed E-state index contributed by atoms with van der Waals surface area (Å²) in [6.45, 7) is 2.80. The Morgan fingerprint density at radius 1 is 1.14 bits per heavy atom. The zero-order valence-corrected chi connectivity index (χ0v) is 12.4. The van der Waals surface area contributed by atoms with E-state index in [-0.39, 0.29) is 5.78 Å². The first-order valence-corrected chi connectivity index (χ1v) is 7.25. The maximum absolute atomic E-state index is 12.2. The Bertz CT molecular complexity index is 780. The predicted octanol–water partition coefficient (Wildman–Crippen LogP) is 3.59. The second-order valence-corrected chi connectivity index (χ2v) is 4.91. The third kappa shape index (κ3) is 2.91. The Hall–Kier alpha value is -2.88. The summed E-state index contributed by atoms with van der Waals surface area (Å²) >= 11 is 0. The number of benzene rings is 1. The zero-order valence-electron chi connectivity index (χ0n) is 12.4. The van der Waals surface area contributed by atoms with Gasteiger partial charge < -0.3 is 4.57 Å². The molecule has 0 fully saturated rings. The minimum atomic E-state index is -0.0112. The van der Waals surface area contributed by atoms with E-state index < -0.39 is 0 Å². The van der Waals surface area contributed by atoms with Gasteiger partial charge >= 0.3 is 0 Å². The molecule has 0 radical (unpaired) electrons. The molecule has 0 atom stereocenters. The fraction of sp³-hybridized carbons (Fsp3) is 0.111. The predicted molar refractivity (Wildman–Crippen MR) is 87.0 cm³/mol. The normalized spacial score (nSPS) is 11.1. The van der Waals surface area contributed by atoms with Crippen LogP contribution in [0.5, 0.6) is 0 Å². The number of aromatic nitrogens is 3. The number of carbonyl (C=O) groups is 1. The highest BCUT2D eigenvalue weighted by molar-refractivity contribution is 6.06. The van der Waals surface area contributed by atoms with Gasteiger partial charge in [-0.25, -0.2) is 0 Å². The van der Waals surface area contributed by atoms with Gasteiger partial charge in [-0.2, -0.15) is 5.10 Å². The number of nitrogens with zero attached hydrogens (tertiary/aromatic N) is 3. The molecular weight excluding hydrogens is 274 g/mol. The highest BCUT2D eigenvalue weighted by Crippen LogP contribution is 2.11. The summed E-state index contributed by atoms with van der Waals surface area (Å²) in [5.41, 5.74) is 2.64. The molecule has 4 nitrogen and oxygen atoms in total. The maximum Gasteiger partial charge on any atom is 0.185 e. The Labute approximate surface area is 129 Å². The molecule has 1 aromatic carbocycles. The second-order valence-electron chi connectivity index (χ2n) is 4.91. The molecule has 0 amide bonds. The van der Waals surface area contributed by atoms with E-state index in [1.54, 1.807) is 18.3 Å². The van der Waals surface area contributed by atoms with Crippen LogP contribution in [-0.4, -0.2) is 20.1 Å². The summed E-state index contributed by atoms with van der Waals surface area (Å²) in [4.78, 5) is 12.2. The summed E-state index contributed by atoms with van der Waals surface area (Å²) in [7, 11) is 0. The van der Waals surface area contributed by atoms with Gasteiger partial charge in [0.2, 0.25) is 0 Å². The van der Waals surface area contributed by atoms with Gasteiger partial charge in [0, 0.05) is 36.4 Å². The third-order valence-corrected chi connectivity index (χ3v) is 3.51. The van der Waals surface area contributed by atoms with Crippen molar-refractivity contribution in [1.29, 1.82) is 0 Å². The van der Waals surface area contributed by atoms with Gasteiger partial charge in [-0.15, -0.1) is 0 Å². The van der Waals surface area contributed by atoms with Gasteiger partial charge in [-0.05, 0) is 61.5 Å². The smallest absolute Gasteiger partial charge is 0.185 e. The van der Waals surface area contributed by atoms with Crippen LogP contribution in [0.25, 0.3) is 11.8 Å². The van der Waals surface area contributed by atoms with E-state index in [1.165, 1.54) is 0 Å². The van der Waals surface area contributed by atoms with E-state index in [2.05, 4.69) is 5.10 Å². The van der Waals surface area contributed by atoms with Gasteiger partial charge in [0.15, 0.2) is 5.78 Å². The van der Waals surface area contributed by atoms with Crippen molar-refractivity contribution in [2.45, 2.75) is 13.5 Å². The maximum atomic E-state index is 12.2. The molecule has 3 aromatic rings. The number of carbonyl (C=O) groups excluding carboxylic acids is 1. The molecule has 0 saturated heterocycles. The number of rotatable bonds is 5. The summed E-state index contributed by atoms with van der Waals surface area (Å²) < 4.78 is 3.85. The average Bonchev–Trinajstić information content (AvgIpc) is 3.24. The monoisotopic (exact) mass is 291 g/mol. The zero-order chi connectivity index (χ0) is 15.4. The van der Waals surface area contributed by atoms with Crippen LogP contribution in [-0.2, 0) is 6.54 Å². The minimum absolute atomic E-state index is 0.0112. The molecule has 22 heavy (non-hydrogen) atoms. The van der Waals surface area contributed by atoms with Gasteiger partial charge in [-0.3, -0.25) is 9.48 Å². The molecule has 0 aliphatic carbocycles. The van der Waals surface area contributed by atoms with Crippen LogP contribution in [0, 0.1) is 0 Å². The molecule has 2 aromatic heterocycles. The Balaban J connectivity index is 1.75. The molecule has 0 bridgehead atoms. The highest BCUT2D eigenvalue weighted by atomic mass is 16.1. The van der Waals surface area contributed by atoms with Gasteiger partial charge in [0.1, 0.15) is 0 Å². The van der Waals surface area contributed by atoms with Crippen LogP contribution in [0.3, 0.4) is 0 Å². The summed E-state index contributed by atoms with van der Waals surface area (Å²) in [6, 6.07) is 13.4. The molecule has 0 saturated carbocycles. The fourth-order valence-corrected chi connectivity index (χ4v) is 2.31. The molecule has 0 spiro atoms. The van der Waals surface area contributed by atoms with E-state index in [4.69, 9.17) is 0 Å². The van der Waals surface area contributed by atoms with Gasteiger partial charge in [-0.1, -0.05) is 0 Å². The van der Waals surface area contributed by atoms with Crippen LogP contribution in [0.2, 0.25) is 0 Å². The number of allylic oxidation sites excluding steroid dienone is 1. The summed E-state index contributed by atoms with van der Waals surface area (Å²) in [6.07, 6.45) is 9.08. The topological polar surface area (TPSA) is 39.8 Å². The van der Waals surface area contributed by atoms with E-state index in [0.717, 1.165) is 17.9 Å². The molecular formula is C18H17N3O. The van der Waals surface area contributed by atoms with Crippen molar-refractivity contribution in [2.75, 3.05) is 0 Å². The van der Waals surface area contributed by atoms with Crippen LogP contribution >= 0.6 is 0 Å². The third-order valence-electron chi connectivity index (χ3n) is 3.51. The number of aryl methyl sites for hydroxylation is 1. The molecule has 2 heterocycles. The van der Waals surface area contributed by atoms with E-state index in [9.17, 15) is 4.79 Å². The minimum Gasteiger partial charge on any atom is -0.324 e. The Morgan fingerprint density at radius 2 is 1.86 bits per heavy atom. The first kappa shape index (κ1) is 14.1.